The largest absolute Gasteiger partial charge is 0.447 e. The second kappa shape index (κ2) is 10.1. The zero-order chi connectivity index (χ0) is 17.2. The van der Waals surface area contributed by atoms with Crippen molar-refractivity contribution in [3.05, 3.63) is 35.9 Å². The van der Waals surface area contributed by atoms with Crippen molar-refractivity contribution in [2.45, 2.75) is 70.8 Å². The Hall–Kier alpha value is -1.84. The van der Waals surface area contributed by atoms with Gasteiger partial charge in [-0.3, -0.25) is 4.79 Å². The second-order valence-corrected chi connectivity index (χ2v) is 6.56. The van der Waals surface area contributed by atoms with Crippen molar-refractivity contribution in [1.82, 2.24) is 4.90 Å². The number of hydrogen-bond donors (Lipinski definition) is 0. The maximum atomic E-state index is 12.4. The quantitative estimate of drug-likeness (QED) is 0.583. The van der Waals surface area contributed by atoms with Crippen molar-refractivity contribution in [3.8, 4) is 0 Å². The zero-order valence-corrected chi connectivity index (χ0v) is 14.7. The number of unbranched alkanes of at least 4 members (excludes halogenated alkanes) is 6. The Morgan fingerprint density at radius 1 is 1.08 bits per heavy atom. The average molecular weight is 331 g/mol. The molecule has 1 saturated heterocycles. The monoisotopic (exact) mass is 331 g/mol. The van der Waals surface area contributed by atoms with E-state index < -0.39 is 6.09 Å². The molecule has 0 spiro atoms. The minimum atomic E-state index is -0.483. The number of hydrogen-bond acceptors (Lipinski definition) is 3. The Bertz CT molecular complexity index is 515. The molecule has 0 aliphatic carbocycles. The fourth-order valence-electron chi connectivity index (χ4n) is 3.16. The summed E-state index contributed by atoms with van der Waals surface area (Å²) in [5, 5.41) is 0. The number of rotatable bonds is 10. The fraction of sp³-hybridized carbons (Fsp3) is 0.600. The van der Waals surface area contributed by atoms with Crippen LogP contribution in [0.1, 0.15) is 63.9 Å². The number of nitrogens with zero attached hydrogens (tertiary/aromatic N) is 1. The fourth-order valence-corrected chi connectivity index (χ4v) is 3.16. The number of cyclic esters (lactones) is 1. The van der Waals surface area contributed by atoms with Crippen molar-refractivity contribution >= 4 is 12.0 Å². The second-order valence-electron chi connectivity index (χ2n) is 6.56. The van der Waals surface area contributed by atoms with Gasteiger partial charge in [0.2, 0.25) is 5.91 Å². The molecule has 1 atom stereocenters. The standard InChI is InChI=1S/C20H29NO3/c1-2-3-4-5-6-7-11-14-19(22)21-18(16-24-20(21)23)15-17-12-9-8-10-13-17/h8-10,12-13,18H,2-7,11,14-16H2,1H3/t18-/m0/s1. The van der Waals surface area contributed by atoms with E-state index in [-0.39, 0.29) is 11.9 Å². The van der Waals surface area contributed by atoms with Crippen molar-refractivity contribution < 1.29 is 14.3 Å². The molecule has 0 saturated carbocycles. The van der Waals surface area contributed by atoms with Crippen LogP contribution in [0.2, 0.25) is 0 Å². The molecule has 0 radical (unpaired) electrons. The van der Waals surface area contributed by atoms with Crippen molar-refractivity contribution in [2.75, 3.05) is 6.61 Å². The maximum absolute atomic E-state index is 12.4. The molecule has 132 valence electrons. The molecule has 4 nitrogen and oxygen atoms in total. The van der Waals surface area contributed by atoms with E-state index in [1.165, 1.54) is 37.0 Å². The van der Waals surface area contributed by atoms with Crippen LogP contribution >= 0.6 is 0 Å². The maximum Gasteiger partial charge on any atom is 0.416 e. The zero-order valence-electron chi connectivity index (χ0n) is 14.7. The molecule has 1 aromatic carbocycles. The SMILES string of the molecule is CCCCCCCCCC(=O)N1C(=O)OC[C@@H]1Cc1ccccc1. The Balaban J connectivity index is 1.75. The summed E-state index contributed by atoms with van der Waals surface area (Å²) in [5.74, 6) is -0.0908. The first-order chi connectivity index (χ1) is 11.7. The first kappa shape index (κ1) is 18.5. The molecule has 1 heterocycles. The number of amides is 2. The molecule has 1 aromatic rings. The molecule has 4 heteroatoms. The Morgan fingerprint density at radius 2 is 1.75 bits per heavy atom. The third-order valence-electron chi connectivity index (χ3n) is 4.54. The summed E-state index contributed by atoms with van der Waals surface area (Å²) in [6.07, 6.45) is 8.76. The molecular weight excluding hydrogens is 302 g/mol. The number of ether oxygens (including phenoxy) is 1. The van der Waals surface area contributed by atoms with E-state index >= 15 is 0 Å². The molecule has 2 rings (SSSR count). The smallest absolute Gasteiger partial charge is 0.416 e. The van der Waals surface area contributed by atoms with Crippen molar-refractivity contribution in [3.63, 3.8) is 0 Å². The molecule has 2 amide bonds. The summed E-state index contributed by atoms with van der Waals surface area (Å²) in [4.78, 5) is 25.7. The van der Waals surface area contributed by atoms with E-state index in [4.69, 9.17) is 4.74 Å². The third-order valence-corrected chi connectivity index (χ3v) is 4.54. The van der Waals surface area contributed by atoms with Gasteiger partial charge in [-0.25, -0.2) is 9.69 Å². The molecule has 1 aliphatic rings. The molecule has 24 heavy (non-hydrogen) atoms. The highest BCUT2D eigenvalue weighted by Gasteiger charge is 2.37. The lowest BCUT2D eigenvalue weighted by Crippen LogP contribution is -2.40. The van der Waals surface area contributed by atoms with Gasteiger partial charge in [0, 0.05) is 6.42 Å². The summed E-state index contributed by atoms with van der Waals surface area (Å²) in [6.45, 7) is 2.51. The molecule has 0 N–H and O–H groups in total. The Kier molecular flexibility index (Phi) is 7.80. The van der Waals surface area contributed by atoms with Gasteiger partial charge in [0.25, 0.3) is 0 Å². The number of benzene rings is 1. The molecule has 0 aromatic heterocycles. The van der Waals surface area contributed by atoms with Gasteiger partial charge >= 0.3 is 6.09 Å². The van der Waals surface area contributed by atoms with Crippen LogP contribution in [0.3, 0.4) is 0 Å². The first-order valence-corrected chi connectivity index (χ1v) is 9.25. The Labute approximate surface area is 145 Å². The van der Waals surface area contributed by atoms with Crippen LogP contribution in [0.5, 0.6) is 0 Å². The lowest BCUT2D eigenvalue weighted by Gasteiger charge is -2.19. The topological polar surface area (TPSA) is 46.6 Å². The van der Waals surface area contributed by atoms with Crippen LogP contribution in [-0.4, -0.2) is 29.5 Å². The van der Waals surface area contributed by atoms with E-state index in [1.807, 2.05) is 30.3 Å². The summed E-state index contributed by atoms with van der Waals surface area (Å²) >= 11 is 0. The van der Waals surface area contributed by atoms with Gasteiger partial charge in [0.1, 0.15) is 6.61 Å². The van der Waals surface area contributed by atoms with E-state index in [1.54, 1.807) is 0 Å². The van der Waals surface area contributed by atoms with Crippen LogP contribution in [0.15, 0.2) is 30.3 Å². The summed E-state index contributed by atoms with van der Waals surface area (Å²) in [6, 6.07) is 9.76. The molecule has 1 fully saturated rings. The predicted molar refractivity (Wildman–Crippen MR) is 94.7 cm³/mol. The lowest BCUT2D eigenvalue weighted by atomic mass is 10.0. The highest BCUT2D eigenvalue weighted by Crippen LogP contribution is 2.19. The number of imide groups is 1. The predicted octanol–water partition coefficient (Wildman–Crippen LogP) is 4.72. The molecular formula is C20H29NO3. The normalized spacial score (nSPS) is 17.1. The first-order valence-electron chi connectivity index (χ1n) is 9.25. The van der Waals surface area contributed by atoms with E-state index in [9.17, 15) is 9.59 Å². The van der Waals surface area contributed by atoms with Crippen LogP contribution < -0.4 is 0 Å². The van der Waals surface area contributed by atoms with Gasteiger partial charge < -0.3 is 4.74 Å². The molecule has 0 bridgehead atoms. The minimum Gasteiger partial charge on any atom is -0.447 e. The minimum absolute atomic E-state index is 0.0908. The van der Waals surface area contributed by atoms with E-state index in [2.05, 4.69) is 6.92 Å². The van der Waals surface area contributed by atoms with E-state index in [0.29, 0.717) is 19.4 Å². The number of carbonyl (C=O) groups excluding carboxylic acids is 2. The summed E-state index contributed by atoms with van der Waals surface area (Å²) < 4.78 is 5.11. The van der Waals surface area contributed by atoms with Crippen LogP contribution in [-0.2, 0) is 16.0 Å². The van der Waals surface area contributed by atoms with Crippen LogP contribution in [0.4, 0.5) is 4.79 Å². The van der Waals surface area contributed by atoms with Crippen molar-refractivity contribution in [1.29, 1.82) is 0 Å². The Morgan fingerprint density at radius 3 is 2.46 bits per heavy atom. The van der Waals surface area contributed by atoms with Crippen molar-refractivity contribution in [2.24, 2.45) is 0 Å². The molecule has 1 aliphatic heterocycles. The van der Waals surface area contributed by atoms with Gasteiger partial charge in [-0.2, -0.15) is 0 Å². The molecule has 0 unspecified atom stereocenters. The van der Waals surface area contributed by atoms with Gasteiger partial charge in [0.05, 0.1) is 6.04 Å². The summed E-state index contributed by atoms with van der Waals surface area (Å²) in [7, 11) is 0. The lowest BCUT2D eigenvalue weighted by molar-refractivity contribution is -0.129. The highest BCUT2D eigenvalue weighted by atomic mass is 16.6. The average Bonchev–Trinajstić information content (AvgIpc) is 2.95. The highest BCUT2D eigenvalue weighted by molar-refractivity contribution is 5.93. The van der Waals surface area contributed by atoms with Gasteiger partial charge in [-0.15, -0.1) is 0 Å². The summed E-state index contributed by atoms with van der Waals surface area (Å²) in [5.41, 5.74) is 1.12. The van der Waals surface area contributed by atoms with Crippen LogP contribution in [0, 0.1) is 0 Å². The number of carbonyl (C=O) groups is 2. The van der Waals surface area contributed by atoms with Gasteiger partial charge in [0.15, 0.2) is 0 Å². The van der Waals surface area contributed by atoms with Gasteiger partial charge in [-0.1, -0.05) is 75.8 Å². The third kappa shape index (κ3) is 5.66. The van der Waals surface area contributed by atoms with Gasteiger partial charge in [-0.05, 0) is 18.4 Å². The van der Waals surface area contributed by atoms with E-state index in [0.717, 1.165) is 18.4 Å². The van der Waals surface area contributed by atoms with Crippen LogP contribution in [0.25, 0.3) is 0 Å².